The highest BCUT2D eigenvalue weighted by Gasteiger charge is 2.70. The molecule has 5 aliphatic rings. The van der Waals surface area contributed by atoms with Crippen LogP contribution < -0.4 is 16.0 Å². The first-order valence-electron chi connectivity index (χ1n) is 14.6. The second kappa shape index (κ2) is 9.60. The van der Waals surface area contributed by atoms with Gasteiger partial charge in [0.25, 0.3) is 0 Å². The Balaban J connectivity index is 1.32. The number of piperidine rings is 1. The zero-order valence-corrected chi connectivity index (χ0v) is 24.2. The second-order valence-corrected chi connectivity index (χ2v) is 14.7. The second-order valence-electron chi connectivity index (χ2n) is 14.7. The number of carbonyl (C=O) groups excluding carboxylic acids is 4. The molecule has 2 saturated heterocycles. The molecule has 5 rings (SSSR count). The molecule has 4 amide bonds. The summed E-state index contributed by atoms with van der Waals surface area (Å²) in [5.74, 6) is -6.00. The van der Waals surface area contributed by atoms with Crippen molar-refractivity contribution in [3.05, 3.63) is 0 Å². The molecule has 9 nitrogen and oxygen atoms in total. The number of carbonyl (C=O) groups is 4. The predicted molar refractivity (Wildman–Crippen MR) is 140 cm³/mol. The van der Waals surface area contributed by atoms with Crippen molar-refractivity contribution in [2.24, 2.45) is 40.4 Å². The summed E-state index contributed by atoms with van der Waals surface area (Å²) in [6.45, 7) is 9.21. The highest BCUT2D eigenvalue weighted by Crippen LogP contribution is 2.65. The Bertz CT molecular complexity index is 1180. The van der Waals surface area contributed by atoms with Crippen molar-refractivity contribution >= 4 is 23.6 Å². The maximum absolute atomic E-state index is 14.0. The van der Waals surface area contributed by atoms with Gasteiger partial charge >= 0.3 is 6.18 Å². The molecular formula is C29H40F3N5O4. The lowest BCUT2D eigenvalue weighted by molar-refractivity contribution is -0.188. The molecule has 3 N–H and O–H groups in total. The molecule has 0 bridgehead atoms. The van der Waals surface area contributed by atoms with Crippen LogP contribution >= 0.6 is 0 Å². The van der Waals surface area contributed by atoms with Gasteiger partial charge in [0.05, 0.1) is 6.07 Å². The van der Waals surface area contributed by atoms with E-state index in [1.54, 1.807) is 20.8 Å². The summed E-state index contributed by atoms with van der Waals surface area (Å²) in [6.07, 6.45) is -1.50. The van der Waals surface area contributed by atoms with Crippen molar-refractivity contribution in [1.82, 2.24) is 20.9 Å². The van der Waals surface area contributed by atoms with Crippen LogP contribution in [0.5, 0.6) is 0 Å². The Labute approximate surface area is 238 Å². The van der Waals surface area contributed by atoms with Crippen LogP contribution in [0.2, 0.25) is 0 Å². The van der Waals surface area contributed by atoms with E-state index < -0.39 is 59.3 Å². The van der Waals surface area contributed by atoms with E-state index in [0.717, 1.165) is 12.8 Å². The third-order valence-electron chi connectivity index (χ3n) is 10.1. The van der Waals surface area contributed by atoms with Gasteiger partial charge in [-0.1, -0.05) is 34.6 Å². The van der Waals surface area contributed by atoms with Crippen molar-refractivity contribution in [1.29, 1.82) is 5.26 Å². The highest BCUT2D eigenvalue weighted by molar-refractivity contribution is 5.94. The lowest BCUT2D eigenvalue weighted by Gasteiger charge is -2.38. The van der Waals surface area contributed by atoms with E-state index in [-0.39, 0.29) is 47.6 Å². The number of nitrogens with one attached hydrogen (secondary N) is 3. The Morgan fingerprint density at radius 3 is 2.27 bits per heavy atom. The quantitative estimate of drug-likeness (QED) is 0.407. The molecule has 7 atom stereocenters. The molecule has 1 spiro atoms. The molecule has 2 heterocycles. The fourth-order valence-corrected chi connectivity index (χ4v) is 7.25. The Morgan fingerprint density at radius 1 is 1.15 bits per heavy atom. The third-order valence-corrected chi connectivity index (χ3v) is 10.1. The maximum atomic E-state index is 14.0. The standard InChI is InChI=1S/C29H40F3N5O4/c1-26(2,3)21(35-23(39)18(14-6-7-14)29(30,31)32)25(41)37-13-17-19(27(17,4)5)20(37)24(40)34-16(12-33)10-15-11-28(8-9-28)36-22(15)38/h14-21H,6-11,13H2,1-5H3,(H,34,40)(H,35,39)(H,36,38)/t15-,16+,17+,18?,19+,20+,21-/m1/s1. The van der Waals surface area contributed by atoms with Gasteiger partial charge < -0.3 is 20.9 Å². The Morgan fingerprint density at radius 2 is 1.78 bits per heavy atom. The SMILES string of the molecule is CC(C)(C)[C@H](NC(=O)C(C1CC1)C(F)(F)F)C(=O)N1C[C@H]2[C@@H]([C@H]1C(=O)N[C@H](C#N)C[C@@H]1CC3(CC3)NC1=O)C2(C)C. The molecule has 226 valence electrons. The van der Waals surface area contributed by atoms with E-state index in [9.17, 15) is 37.6 Å². The Hall–Kier alpha value is -2.84. The van der Waals surface area contributed by atoms with E-state index in [2.05, 4.69) is 22.0 Å². The number of likely N-dealkylation sites (tertiary alicyclic amines) is 1. The molecular weight excluding hydrogens is 539 g/mol. The van der Waals surface area contributed by atoms with Gasteiger partial charge in [-0.2, -0.15) is 18.4 Å². The van der Waals surface area contributed by atoms with Crippen LogP contribution in [0.4, 0.5) is 13.2 Å². The minimum atomic E-state index is -4.72. The fraction of sp³-hybridized carbons (Fsp3) is 0.828. The van der Waals surface area contributed by atoms with Crippen LogP contribution in [0.3, 0.4) is 0 Å². The molecule has 12 heteroatoms. The van der Waals surface area contributed by atoms with Gasteiger partial charge in [0.1, 0.15) is 24.0 Å². The Kier molecular flexibility index (Phi) is 6.94. The first-order chi connectivity index (χ1) is 18.9. The van der Waals surface area contributed by atoms with Crippen LogP contribution in [-0.2, 0) is 19.2 Å². The van der Waals surface area contributed by atoms with E-state index in [1.165, 1.54) is 4.90 Å². The van der Waals surface area contributed by atoms with E-state index in [4.69, 9.17) is 0 Å². The number of nitriles is 1. The van der Waals surface area contributed by atoms with Crippen molar-refractivity contribution in [3.63, 3.8) is 0 Å². The number of fused-ring (bicyclic) bond motifs is 1. The summed E-state index contributed by atoms with van der Waals surface area (Å²) >= 11 is 0. The number of hydrogen-bond acceptors (Lipinski definition) is 5. The van der Waals surface area contributed by atoms with Gasteiger partial charge in [-0.15, -0.1) is 0 Å². The molecule has 5 fully saturated rings. The largest absolute Gasteiger partial charge is 0.400 e. The van der Waals surface area contributed by atoms with Gasteiger partial charge in [0, 0.05) is 18.0 Å². The first-order valence-corrected chi connectivity index (χ1v) is 14.6. The van der Waals surface area contributed by atoms with Crippen molar-refractivity contribution in [3.8, 4) is 6.07 Å². The first kappa shape index (κ1) is 29.6. The third kappa shape index (κ3) is 5.53. The lowest BCUT2D eigenvalue weighted by Crippen LogP contribution is -2.61. The van der Waals surface area contributed by atoms with Crippen LogP contribution in [0, 0.1) is 51.8 Å². The number of alkyl halides is 3. The molecule has 3 aliphatic carbocycles. The summed E-state index contributed by atoms with van der Waals surface area (Å²) in [4.78, 5) is 54.4. The van der Waals surface area contributed by atoms with Crippen molar-refractivity contribution in [2.75, 3.05) is 6.54 Å². The predicted octanol–water partition coefficient (Wildman–Crippen LogP) is 2.66. The molecule has 1 unspecified atom stereocenters. The number of amides is 4. The zero-order valence-electron chi connectivity index (χ0n) is 24.2. The van der Waals surface area contributed by atoms with Crippen LogP contribution in [0.15, 0.2) is 0 Å². The smallest absolute Gasteiger partial charge is 0.350 e. The lowest BCUT2D eigenvalue weighted by atomic mass is 9.84. The van der Waals surface area contributed by atoms with Gasteiger partial charge in [0.15, 0.2) is 0 Å². The molecule has 2 aliphatic heterocycles. The fourth-order valence-electron chi connectivity index (χ4n) is 7.25. The van der Waals surface area contributed by atoms with Crippen LogP contribution in [-0.4, -0.2) is 64.9 Å². The number of nitrogens with zero attached hydrogens (tertiary/aromatic N) is 2. The minimum absolute atomic E-state index is 0.00350. The zero-order chi connectivity index (χ0) is 30.3. The van der Waals surface area contributed by atoms with Gasteiger partial charge in [0.2, 0.25) is 23.6 Å². The topological polar surface area (TPSA) is 131 Å². The number of rotatable bonds is 8. The maximum Gasteiger partial charge on any atom is 0.400 e. The highest BCUT2D eigenvalue weighted by atomic mass is 19.4. The van der Waals surface area contributed by atoms with Crippen molar-refractivity contribution in [2.45, 2.75) is 103 Å². The van der Waals surface area contributed by atoms with E-state index in [1.807, 2.05) is 13.8 Å². The van der Waals surface area contributed by atoms with Gasteiger partial charge in [-0.3, -0.25) is 19.2 Å². The summed E-state index contributed by atoms with van der Waals surface area (Å²) in [5, 5.41) is 18.0. The average molecular weight is 580 g/mol. The average Bonchev–Trinajstić information content (AvgIpc) is 3.79. The summed E-state index contributed by atoms with van der Waals surface area (Å²) in [6, 6.07) is -1.07. The molecule has 41 heavy (non-hydrogen) atoms. The van der Waals surface area contributed by atoms with Gasteiger partial charge in [-0.25, -0.2) is 0 Å². The number of halogens is 3. The minimum Gasteiger partial charge on any atom is -0.350 e. The summed E-state index contributed by atoms with van der Waals surface area (Å²) in [7, 11) is 0. The molecule has 0 aromatic heterocycles. The van der Waals surface area contributed by atoms with E-state index in [0.29, 0.717) is 19.3 Å². The number of hydrogen-bond donors (Lipinski definition) is 3. The normalized spacial score (nSPS) is 31.4. The summed E-state index contributed by atoms with van der Waals surface area (Å²) in [5.41, 5.74) is -1.33. The molecule has 0 aromatic carbocycles. The van der Waals surface area contributed by atoms with Crippen LogP contribution in [0.1, 0.15) is 73.1 Å². The molecule has 0 aromatic rings. The van der Waals surface area contributed by atoms with Gasteiger partial charge in [-0.05, 0) is 67.1 Å². The van der Waals surface area contributed by atoms with Crippen LogP contribution in [0.25, 0.3) is 0 Å². The molecule has 3 saturated carbocycles. The van der Waals surface area contributed by atoms with E-state index >= 15 is 0 Å². The molecule has 0 radical (unpaired) electrons. The monoisotopic (exact) mass is 579 g/mol. The van der Waals surface area contributed by atoms with Crippen molar-refractivity contribution < 1.29 is 32.3 Å². The summed E-state index contributed by atoms with van der Waals surface area (Å²) < 4.78 is 41.2.